The zero-order valence-electron chi connectivity index (χ0n) is 9.08. The summed E-state index contributed by atoms with van der Waals surface area (Å²) in [5, 5.41) is 21.2. The van der Waals surface area contributed by atoms with Crippen LogP contribution < -0.4 is 5.32 Å². The van der Waals surface area contributed by atoms with Gasteiger partial charge in [0.05, 0.1) is 29.3 Å². The van der Waals surface area contributed by atoms with E-state index in [0.29, 0.717) is 18.1 Å². The number of nitrogens with zero attached hydrogens (tertiary/aromatic N) is 4. The molecule has 2 heterocycles. The van der Waals surface area contributed by atoms with Crippen LogP contribution >= 0.6 is 11.6 Å². The van der Waals surface area contributed by atoms with Gasteiger partial charge >= 0.3 is 0 Å². The average Bonchev–Trinajstić information content (AvgIpc) is 2.37. The number of halogens is 1. The van der Waals surface area contributed by atoms with Gasteiger partial charge in [0.2, 0.25) is 0 Å². The summed E-state index contributed by atoms with van der Waals surface area (Å²) in [7, 11) is 0. The van der Waals surface area contributed by atoms with Crippen molar-refractivity contribution in [2.24, 2.45) is 0 Å². The van der Waals surface area contributed by atoms with Crippen LogP contribution in [0.25, 0.3) is 0 Å². The first-order valence-corrected chi connectivity index (χ1v) is 5.35. The van der Waals surface area contributed by atoms with Crippen LogP contribution in [0.3, 0.4) is 0 Å². The Morgan fingerprint density at radius 1 is 1.44 bits per heavy atom. The second kappa shape index (κ2) is 5.37. The van der Waals surface area contributed by atoms with Gasteiger partial charge in [0.25, 0.3) is 5.69 Å². The van der Waals surface area contributed by atoms with E-state index < -0.39 is 4.92 Å². The molecule has 0 aromatic carbocycles. The van der Waals surface area contributed by atoms with E-state index in [4.69, 9.17) is 11.6 Å². The molecule has 0 aliphatic heterocycles. The first kappa shape index (κ1) is 12.2. The van der Waals surface area contributed by atoms with Crippen LogP contribution in [-0.2, 0) is 6.54 Å². The normalized spacial score (nSPS) is 10.1. The smallest absolute Gasteiger partial charge is 0.276 e. The molecule has 0 atom stereocenters. The van der Waals surface area contributed by atoms with Crippen molar-refractivity contribution in [3.63, 3.8) is 0 Å². The van der Waals surface area contributed by atoms with Crippen molar-refractivity contribution in [2.45, 2.75) is 6.54 Å². The third-order valence-electron chi connectivity index (χ3n) is 2.07. The lowest BCUT2D eigenvalue weighted by Gasteiger charge is -2.04. The first-order valence-electron chi connectivity index (χ1n) is 4.97. The summed E-state index contributed by atoms with van der Waals surface area (Å²) >= 11 is 5.69. The first-order chi connectivity index (χ1) is 8.65. The summed E-state index contributed by atoms with van der Waals surface area (Å²) in [5.41, 5.74) is 0.582. The molecule has 2 rings (SSSR count). The summed E-state index contributed by atoms with van der Waals surface area (Å²) in [5.74, 6) is 0.319. The Labute approximate surface area is 107 Å². The number of hydrogen-bond donors (Lipinski definition) is 1. The van der Waals surface area contributed by atoms with E-state index >= 15 is 0 Å². The molecule has 0 amide bonds. The molecule has 1 N–H and O–H groups in total. The zero-order chi connectivity index (χ0) is 13.0. The molecule has 0 spiro atoms. The minimum atomic E-state index is -0.527. The predicted octanol–water partition coefficient (Wildman–Crippen LogP) is 2.05. The van der Waals surface area contributed by atoms with Gasteiger partial charge in [-0.25, -0.2) is 4.98 Å². The van der Waals surface area contributed by atoms with Gasteiger partial charge in [-0.2, -0.15) is 10.2 Å². The number of rotatable bonds is 4. The van der Waals surface area contributed by atoms with Crippen molar-refractivity contribution >= 4 is 23.1 Å². The molecular weight excluding hydrogens is 258 g/mol. The Hall–Kier alpha value is -2.28. The average molecular weight is 266 g/mol. The van der Waals surface area contributed by atoms with Crippen molar-refractivity contribution in [2.75, 3.05) is 5.32 Å². The lowest BCUT2D eigenvalue weighted by atomic mass is 10.3. The van der Waals surface area contributed by atoms with Crippen LogP contribution in [0.5, 0.6) is 0 Å². The van der Waals surface area contributed by atoms with Gasteiger partial charge in [-0.3, -0.25) is 10.1 Å². The van der Waals surface area contributed by atoms with Crippen molar-refractivity contribution in [1.82, 2.24) is 15.2 Å². The molecular formula is C10H8ClN5O2. The molecule has 18 heavy (non-hydrogen) atoms. The Bertz CT molecular complexity index is 563. The molecule has 2 aromatic rings. The minimum Gasteiger partial charge on any atom is -0.364 e. The van der Waals surface area contributed by atoms with Crippen molar-refractivity contribution < 1.29 is 4.92 Å². The molecule has 0 aliphatic carbocycles. The number of anilines is 1. The molecule has 0 bridgehead atoms. The number of nitro groups is 1. The van der Waals surface area contributed by atoms with Gasteiger partial charge < -0.3 is 5.32 Å². The molecule has 92 valence electrons. The van der Waals surface area contributed by atoms with E-state index in [1.807, 2.05) is 0 Å². The van der Waals surface area contributed by atoms with E-state index in [1.54, 1.807) is 18.3 Å². The summed E-state index contributed by atoms with van der Waals surface area (Å²) < 4.78 is 0. The molecule has 0 fully saturated rings. The van der Waals surface area contributed by atoms with Crippen LogP contribution in [0.1, 0.15) is 5.69 Å². The summed E-state index contributed by atoms with van der Waals surface area (Å²) in [4.78, 5) is 14.1. The summed E-state index contributed by atoms with van der Waals surface area (Å²) in [6.45, 7) is 0.359. The van der Waals surface area contributed by atoms with Crippen molar-refractivity contribution in [3.8, 4) is 0 Å². The topological polar surface area (TPSA) is 93.8 Å². The zero-order valence-corrected chi connectivity index (χ0v) is 9.83. The molecule has 0 saturated heterocycles. The Kier molecular flexibility index (Phi) is 3.63. The van der Waals surface area contributed by atoms with E-state index in [2.05, 4.69) is 20.5 Å². The van der Waals surface area contributed by atoms with Gasteiger partial charge in [0.15, 0.2) is 0 Å². The number of hydrogen-bond acceptors (Lipinski definition) is 6. The van der Waals surface area contributed by atoms with Crippen LogP contribution in [0.2, 0.25) is 5.15 Å². The highest BCUT2D eigenvalue weighted by molar-refractivity contribution is 6.29. The highest BCUT2D eigenvalue weighted by Gasteiger charge is 2.10. The van der Waals surface area contributed by atoms with Gasteiger partial charge in [0.1, 0.15) is 11.0 Å². The van der Waals surface area contributed by atoms with Crippen molar-refractivity contribution in [1.29, 1.82) is 0 Å². The third kappa shape index (κ3) is 3.11. The van der Waals surface area contributed by atoms with E-state index in [1.165, 1.54) is 12.1 Å². The quantitative estimate of drug-likeness (QED) is 0.516. The Balaban J connectivity index is 2.12. The summed E-state index contributed by atoms with van der Waals surface area (Å²) in [6, 6.07) is 6.02. The summed E-state index contributed by atoms with van der Waals surface area (Å²) in [6.07, 6.45) is 1.56. The maximum Gasteiger partial charge on any atom is 0.276 e. The van der Waals surface area contributed by atoms with Gasteiger partial charge in [-0.1, -0.05) is 11.6 Å². The van der Waals surface area contributed by atoms with E-state index in [9.17, 15) is 10.1 Å². The molecule has 0 radical (unpaired) electrons. The lowest BCUT2D eigenvalue weighted by Crippen LogP contribution is -2.04. The van der Waals surface area contributed by atoms with Gasteiger partial charge in [0, 0.05) is 6.20 Å². The fourth-order valence-corrected chi connectivity index (χ4v) is 1.49. The molecule has 0 saturated carbocycles. The maximum absolute atomic E-state index is 10.6. The maximum atomic E-state index is 10.6. The van der Waals surface area contributed by atoms with Crippen molar-refractivity contribution in [3.05, 3.63) is 51.4 Å². The van der Waals surface area contributed by atoms with Crippen LogP contribution in [-0.4, -0.2) is 20.1 Å². The van der Waals surface area contributed by atoms with Gasteiger partial charge in [-0.15, -0.1) is 0 Å². The second-order valence-corrected chi connectivity index (χ2v) is 3.75. The molecule has 2 aromatic heterocycles. The number of aromatic nitrogens is 3. The standard InChI is InChI=1S/C10H8ClN5O2/c11-9-4-8(16(17)18)5-10(14-9)12-6-7-2-1-3-13-15-7/h1-5H,6H2,(H,12,14). The molecule has 8 heteroatoms. The monoisotopic (exact) mass is 265 g/mol. The Morgan fingerprint density at radius 2 is 2.28 bits per heavy atom. The fourth-order valence-electron chi connectivity index (χ4n) is 1.29. The second-order valence-electron chi connectivity index (χ2n) is 3.36. The highest BCUT2D eigenvalue weighted by Crippen LogP contribution is 2.20. The van der Waals surface area contributed by atoms with E-state index in [-0.39, 0.29) is 10.8 Å². The number of pyridine rings is 1. The Morgan fingerprint density at radius 3 is 2.94 bits per heavy atom. The SMILES string of the molecule is O=[N+]([O-])c1cc(Cl)nc(NCc2cccnn2)c1. The third-order valence-corrected chi connectivity index (χ3v) is 2.26. The van der Waals surface area contributed by atoms with Crippen LogP contribution in [0.15, 0.2) is 30.5 Å². The van der Waals surface area contributed by atoms with Crippen LogP contribution in [0.4, 0.5) is 11.5 Å². The van der Waals surface area contributed by atoms with E-state index in [0.717, 1.165) is 0 Å². The molecule has 0 aliphatic rings. The van der Waals surface area contributed by atoms with Gasteiger partial charge in [-0.05, 0) is 12.1 Å². The van der Waals surface area contributed by atoms with Crippen LogP contribution in [0, 0.1) is 10.1 Å². The fraction of sp³-hybridized carbons (Fsp3) is 0.100. The predicted molar refractivity (Wildman–Crippen MR) is 65.3 cm³/mol. The largest absolute Gasteiger partial charge is 0.364 e. The molecule has 0 unspecified atom stereocenters. The minimum absolute atomic E-state index is 0.0610. The highest BCUT2D eigenvalue weighted by atomic mass is 35.5. The number of nitrogens with one attached hydrogen (secondary N) is 1. The molecule has 7 nitrogen and oxygen atoms in total. The lowest BCUT2D eigenvalue weighted by molar-refractivity contribution is -0.384.